The summed E-state index contributed by atoms with van der Waals surface area (Å²) in [6.45, 7) is 4.68. The molecule has 0 saturated carbocycles. The van der Waals surface area contributed by atoms with Crippen molar-refractivity contribution < 1.29 is 4.74 Å². The van der Waals surface area contributed by atoms with Crippen LogP contribution in [0.2, 0.25) is 5.02 Å². The van der Waals surface area contributed by atoms with Crippen molar-refractivity contribution in [2.24, 2.45) is 4.99 Å². The number of halogens is 2. The zero-order valence-corrected chi connectivity index (χ0v) is 17.0. The van der Waals surface area contributed by atoms with Gasteiger partial charge in [-0.05, 0) is 88.4 Å². The highest BCUT2D eigenvalue weighted by Crippen LogP contribution is 2.27. The van der Waals surface area contributed by atoms with Gasteiger partial charge in [-0.25, -0.2) is 0 Å². The maximum Gasteiger partial charge on any atom is 0.134 e. The van der Waals surface area contributed by atoms with Gasteiger partial charge in [0.2, 0.25) is 0 Å². The van der Waals surface area contributed by atoms with E-state index in [2.05, 4.69) is 40.8 Å². The number of hydrogen-bond donors (Lipinski definition) is 0. The van der Waals surface area contributed by atoms with Crippen LogP contribution in [0, 0.1) is 13.8 Å². The van der Waals surface area contributed by atoms with E-state index in [0.717, 1.165) is 32.1 Å². The van der Waals surface area contributed by atoms with E-state index < -0.39 is 0 Å². The van der Waals surface area contributed by atoms with Crippen LogP contribution >= 0.6 is 27.5 Å². The topological polar surface area (TPSA) is 21.6 Å². The molecule has 0 bridgehead atoms. The average molecular weight is 429 g/mol. The number of nitrogens with zero attached hydrogens (tertiary/aromatic N) is 1. The molecule has 0 radical (unpaired) electrons. The Balaban J connectivity index is 1.70. The molecule has 3 aromatic rings. The van der Waals surface area contributed by atoms with E-state index in [-0.39, 0.29) is 0 Å². The Hall–Kier alpha value is -2.10. The second-order valence-electron chi connectivity index (χ2n) is 6.08. The van der Waals surface area contributed by atoms with Crippen LogP contribution in [0.15, 0.2) is 70.1 Å². The normalized spacial score (nSPS) is 11.1. The molecule has 0 unspecified atom stereocenters. The van der Waals surface area contributed by atoms with Crippen LogP contribution in [-0.2, 0) is 6.61 Å². The van der Waals surface area contributed by atoms with Crippen molar-refractivity contribution in [1.29, 1.82) is 0 Å². The highest BCUT2D eigenvalue weighted by atomic mass is 79.9. The Labute approximate surface area is 167 Å². The summed E-state index contributed by atoms with van der Waals surface area (Å²) in [5, 5.41) is 0.724. The second kappa shape index (κ2) is 8.52. The maximum absolute atomic E-state index is 5.90. The highest BCUT2D eigenvalue weighted by molar-refractivity contribution is 9.10. The molecule has 26 heavy (non-hydrogen) atoms. The van der Waals surface area contributed by atoms with E-state index in [1.165, 1.54) is 11.1 Å². The van der Waals surface area contributed by atoms with E-state index in [9.17, 15) is 0 Å². The summed E-state index contributed by atoms with van der Waals surface area (Å²) in [6.07, 6.45) is 1.87. The van der Waals surface area contributed by atoms with Crippen molar-refractivity contribution in [3.63, 3.8) is 0 Å². The van der Waals surface area contributed by atoms with Crippen LogP contribution in [0.5, 0.6) is 5.75 Å². The summed E-state index contributed by atoms with van der Waals surface area (Å²) >= 11 is 9.48. The minimum atomic E-state index is 0.492. The van der Waals surface area contributed by atoms with Gasteiger partial charge >= 0.3 is 0 Å². The van der Waals surface area contributed by atoms with Crippen molar-refractivity contribution in [2.75, 3.05) is 0 Å². The van der Waals surface area contributed by atoms with E-state index in [0.29, 0.717) is 6.61 Å². The van der Waals surface area contributed by atoms with Crippen molar-refractivity contribution in [3.8, 4) is 5.75 Å². The number of hydrogen-bond acceptors (Lipinski definition) is 2. The molecule has 4 heteroatoms. The quantitative estimate of drug-likeness (QED) is 0.399. The monoisotopic (exact) mass is 427 g/mol. The standard InChI is InChI=1S/C22H19BrClNO/c1-15-4-3-5-21(16(15)2)25-13-18-8-11-22(20(23)12-18)26-14-17-6-9-19(24)10-7-17/h3-13H,14H2,1-2H3. The Bertz CT molecular complexity index is 935. The minimum Gasteiger partial charge on any atom is -0.488 e. The Kier molecular flexibility index (Phi) is 6.12. The van der Waals surface area contributed by atoms with E-state index in [1.807, 2.05) is 60.8 Å². The first kappa shape index (κ1) is 18.7. The third kappa shape index (κ3) is 4.75. The molecule has 0 saturated heterocycles. The van der Waals surface area contributed by atoms with Crippen LogP contribution in [0.1, 0.15) is 22.3 Å². The highest BCUT2D eigenvalue weighted by Gasteiger charge is 2.04. The minimum absolute atomic E-state index is 0.492. The SMILES string of the molecule is Cc1cccc(N=Cc2ccc(OCc3ccc(Cl)cc3)c(Br)c2)c1C. The van der Waals surface area contributed by atoms with Gasteiger partial charge in [-0.2, -0.15) is 0 Å². The molecule has 2 nitrogen and oxygen atoms in total. The molecule has 3 aromatic carbocycles. The number of rotatable bonds is 5. The van der Waals surface area contributed by atoms with Gasteiger partial charge in [-0.1, -0.05) is 35.9 Å². The number of benzene rings is 3. The lowest BCUT2D eigenvalue weighted by Gasteiger charge is -2.09. The number of ether oxygens (including phenoxy) is 1. The van der Waals surface area contributed by atoms with Gasteiger partial charge in [0.05, 0.1) is 10.2 Å². The van der Waals surface area contributed by atoms with Gasteiger partial charge in [0.1, 0.15) is 12.4 Å². The van der Waals surface area contributed by atoms with Gasteiger partial charge in [0, 0.05) is 11.2 Å². The summed E-state index contributed by atoms with van der Waals surface area (Å²) in [5.41, 5.74) is 5.51. The molecule has 0 aliphatic heterocycles. The first-order valence-corrected chi connectivity index (χ1v) is 9.47. The summed E-state index contributed by atoms with van der Waals surface area (Å²) in [5.74, 6) is 0.795. The third-order valence-electron chi connectivity index (χ3n) is 4.19. The fourth-order valence-electron chi connectivity index (χ4n) is 2.48. The lowest BCUT2D eigenvalue weighted by Crippen LogP contribution is -1.96. The van der Waals surface area contributed by atoms with E-state index in [1.54, 1.807) is 0 Å². The second-order valence-corrected chi connectivity index (χ2v) is 7.37. The molecule has 0 amide bonds. The van der Waals surface area contributed by atoms with E-state index >= 15 is 0 Å². The smallest absolute Gasteiger partial charge is 0.134 e. The van der Waals surface area contributed by atoms with Crippen molar-refractivity contribution in [1.82, 2.24) is 0 Å². The zero-order valence-electron chi connectivity index (χ0n) is 14.7. The predicted octanol–water partition coefficient (Wildman–Crippen LogP) is 7.05. The Morgan fingerprint density at radius 1 is 1.04 bits per heavy atom. The number of aryl methyl sites for hydroxylation is 1. The molecule has 0 aromatic heterocycles. The summed E-state index contributed by atoms with van der Waals surface area (Å²) in [7, 11) is 0. The van der Waals surface area contributed by atoms with Crippen LogP contribution in [-0.4, -0.2) is 6.21 Å². The fourth-order valence-corrected chi connectivity index (χ4v) is 3.11. The molecule has 0 aliphatic carbocycles. The molecule has 3 rings (SSSR count). The van der Waals surface area contributed by atoms with Gasteiger partial charge in [-0.3, -0.25) is 4.99 Å². The van der Waals surface area contributed by atoms with Crippen molar-refractivity contribution in [3.05, 3.63) is 92.4 Å². The molecule has 0 fully saturated rings. The number of aliphatic imine (C=N–C) groups is 1. The summed E-state index contributed by atoms with van der Waals surface area (Å²) < 4.78 is 6.78. The first-order valence-electron chi connectivity index (χ1n) is 8.30. The molecule has 0 spiro atoms. The zero-order chi connectivity index (χ0) is 18.5. The van der Waals surface area contributed by atoms with Gasteiger partial charge in [0.25, 0.3) is 0 Å². The molecule has 132 valence electrons. The maximum atomic E-state index is 5.90. The average Bonchev–Trinajstić information content (AvgIpc) is 2.63. The molecule has 0 N–H and O–H groups in total. The first-order chi connectivity index (χ1) is 12.5. The van der Waals surface area contributed by atoms with Gasteiger partial charge < -0.3 is 4.74 Å². The summed E-state index contributed by atoms with van der Waals surface area (Å²) in [6, 6.07) is 19.7. The Morgan fingerprint density at radius 3 is 2.54 bits per heavy atom. The van der Waals surface area contributed by atoms with Crippen LogP contribution in [0.4, 0.5) is 5.69 Å². The third-order valence-corrected chi connectivity index (χ3v) is 5.06. The van der Waals surface area contributed by atoms with Crippen LogP contribution in [0.25, 0.3) is 0 Å². The Morgan fingerprint density at radius 2 is 1.81 bits per heavy atom. The molecular formula is C22H19BrClNO. The van der Waals surface area contributed by atoms with Crippen LogP contribution in [0.3, 0.4) is 0 Å². The van der Waals surface area contributed by atoms with Gasteiger partial charge in [0.15, 0.2) is 0 Å². The van der Waals surface area contributed by atoms with Crippen LogP contribution < -0.4 is 4.74 Å². The van der Waals surface area contributed by atoms with Gasteiger partial charge in [-0.15, -0.1) is 0 Å². The summed E-state index contributed by atoms with van der Waals surface area (Å²) in [4.78, 5) is 4.61. The largest absolute Gasteiger partial charge is 0.488 e. The fraction of sp³-hybridized carbons (Fsp3) is 0.136. The molecule has 0 aliphatic rings. The van der Waals surface area contributed by atoms with Crippen molar-refractivity contribution in [2.45, 2.75) is 20.5 Å². The lowest BCUT2D eigenvalue weighted by molar-refractivity contribution is 0.304. The molecular weight excluding hydrogens is 410 g/mol. The molecule has 0 heterocycles. The van der Waals surface area contributed by atoms with E-state index in [4.69, 9.17) is 16.3 Å². The lowest BCUT2D eigenvalue weighted by atomic mass is 10.1. The predicted molar refractivity (Wildman–Crippen MR) is 113 cm³/mol. The molecule has 0 atom stereocenters. The van der Waals surface area contributed by atoms with Crippen molar-refractivity contribution >= 4 is 39.4 Å².